The van der Waals surface area contributed by atoms with Crippen LogP contribution in [0.1, 0.15) is 24.5 Å². The van der Waals surface area contributed by atoms with Crippen LogP contribution in [0.5, 0.6) is 0 Å². The minimum atomic E-state index is -4.70. The van der Waals surface area contributed by atoms with Crippen LogP contribution in [0, 0.1) is 5.82 Å². The van der Waals surface area contributed by atoms with Gasteiger partial charge in [0.25, 0.3) is 0 Å². The third-order valence-corrected chi connectivity index (χ3v) is 2.91. The van der Waals surface area contributed by atoms with Crippen LogP contribution in [0.15, 0.2) is 30.6 Å². The Morgan fingerprint density at radius 1 is 1.29 bits per heavy atom. The average molecular weight is 301 g/mol. The Hall–Kier alpha value is -2.05. The number of nitrogens with zero attached hydrogens (tertiary/aromatic N) is 2. The highest BCUT2D eigenvalue weighted by Crippen LogP contribution is 2.33. The van der Waals surface area contributed by atoms with Gasteiger partial charge in [-0.05, 0) is 24.6 Å². The molecule has 0 fully saturated rings. The van der Waals surface area contributed by atoms with Crippen molar-refractivity contribution in [2.24, 2.45) is 0 Å². The normalized spacial score (nSPS) is 11.7. The highest BCUT2D eigenvalue weighted by molar-refractivity contribution is 5.47. The minimum absolute atomic E-state index is 0.215. The summed E-state index contributed by atoms with van der Waals surface area (Å²) in [4.78, 5) is 0. The molecule has 21 heavy (non-hydrogen) atoms. The monoisotopic (exact) mass is 301 g/mol. The second-order valence-electron chi connectivity index (χ2n) is 4.66. The maximum atomic E-state index is 13.2. The molecule has 2 aromatic rings. The molecule has 1 heterocycles. The van der Waals surface area contributed by atoms with Gasteiger partial charge in [0.15, 0.2) is 0 Å². The number of aromatic nitrogens is 2. The molecule has 0 saturated carbocycles. The van der Waals surface area contributed by atoms with Crippen LogP contribution in [0.2, 0.25) is 0 Å². The molecule has 0 aliphatic heterocycles. The molecule has 0 amide bonds. The summed E-state index contributed by atoms with van der Waals surface area (Å²) in [5, 5.41) is 6.96. The number of hydrogen-bond acceptors (Lipinski definition) is 2. The van der Waals surface area contributed by atoms with Crippen LogP contribution >= 0.6 is 0 Å². The second kappa shape index (κ2) is 6.15. The number of nitrogens with one attached hydrogen (secondary N) is 1. The van der Waals surface area contributed by atoms with Gasteiger partial charge in [-0.1, -0.05) is 6.92 Å². The zero-order valence-electron chi connectivity index (χ0n) is 11.4. The van der Waals surface area contributed by atoms with Gasteiger partial charge in [0, 0.05) is 30.5 Å². The fraction of sp³-hybridized carbons (Fsp3) is 0.357. The van der Waals surface area contributed by atoms with Crippen LogP contribution in [0.4, 0.5) is 23.2 Å². The third kappa shape index (κ3) is 3.96. The lowest BCUT2D eigenvalue weighted by Crippen LogP contribution is -2.09. The van der Waals surface area contributed by atoms with Gasteiger partial charge in [-0.2, -0.15) is 18.3 Å². The van der Waals surface area contributed by atoms with Gasteiger partial charge < -0.3 is 5.32 Å². The lowest BCUT2D eigenvalue weighted by molar-refractivity contribution is -0.139. The van der Waals surface area contributed by atoms with Crippen molar-refractivity contribution in [1.29, 1.82) is 0 Å². The van der Waals surface area contributed by atoms with Gasteiger partial charge in [-0.3, -0.25) is 4.68 Å². The van der Waals surface area contributed by atoms with Gasteiger partial charge in [-0.25, -0.2) is 4.39 Å². The molecule has 7 heteroatoms. The molecule has 0 spiro atoms. The number of halogens is 4. The summed E-state index contributed by atoms with van der Waals surface area (Å²) in [5.74, 6) is -1.27. The first-order valence-corrected chi connectivity index (χ1v) is 6.52. The zero-order valence-corrected chi connectivity index (χ0v) is 11.4. The molecule has 0 atom stereocenters. The average Bonchev–Trinajstić information content (AvgIpc) is 2.85. The predicted molar refractivity (Wildman–Crippen MR) is 71.2 cm³/mol. The quantitative estimate of drug-likeness (QED) is 0.844. The Bertz CT molecular complexity index is 605. The fourth-order valence-electron chi connectivity index (χ4n) is 1.91. The Kier molecular flexibility index (Phi) is 4.50. The fourth-order valence-corrected chi connectivity index (χ4v) is 1.91. The van der Waals surface area contributed by atoms with Gasteiger partial charge in [0.05, 0.1) is 11.8 Å². The van der Waals surface area contributed by atoms with E-state index in [1.165, 1.54) is 6.07 Å². The standard InChI is InChI=1S/C14H15F4N3/c1-2-5-21-9-10(8-20-21)7-19-11-3-4-13(15)12(6-11)14(16,17)18/h3-4,6,8-9,19H,2,5,7H2,1H3. The van der Waals surface area contributed by atoms with E-state index in [4.69, 9.17) is 0 Å². The summed E-state index contributed by atoms with van der Waals surface area (Å²) in [6, 6.07) is 2.86. The van der Waals surface area contributed by atoms with E-state index in [0.717, 1.165) is 30.7 Å². The van der Waals surface area contributed by atoms with Crippen molar-refractivity contribution in [3.05, 3.63) is 47.5 Å². The van der Waals surface area contributed by atoms with Crippen molar-refractivity contribution in [3.8, 4) is 0 Å². The number of alkyl halides is 3. The highest BCUT2D eigenvalue weighted by atomic mass is 19.4. The first kappa shape index (κ1) is 15.3. The van der Waals surface area contributed by atoms with Crippen LogP contribution < -0.4 is 5.32 Å². The van der Waals surface area contributed by atoms with E-state index in [2.05, 4.69) is 10.4 Å². The topological polar surface area (TPSA) is 29.9 Å². The van der Waals surface area contributed by atoms with E-state index in [-0.39, 0.29) is 5.69 Å². The van der Waals surface area contributed by atoms with Gasteiger partial charge in [0.2, 0.25) is 0 Å². The Morgan fingerprint density at radius 3 is 2.71 bits per heavy atom. The van der Waals surface area contributed by atoms with Crippen molar-refractivity contribution in [3.63, 3.8) is 0 Å². The summed E-state index contributed by atoms with van der Waals surface area (Å²) >= 11 is 0. The Balaban J connectivity index is 2.06. The van der Waals surface area contributed by atoms with E-state index >= 15 is 0 Å². The SMILES string of the molecule is CCCn1cc(CNc2ccc(F)c(C(F)(F)F)c2)cn1. The minimum Gasteiger partial charge on any atom is -0.381 e. The van der Waals surface area contributed by atoms with E-state index in [1.807, 2.05) is 13.1 Å². The molecule has 0 aliphatic carbocycles. The van der Waals surface area contributed by atoms with Gasteiger partial charge in [-0.15, -0.1) is 0 Å². The number of benzene rings is 1. The predicted octanol–water partition coefficient (Wildman–Crippen LogP) is 4.06. The molecule has 3 nitrogen and oxygen atoms in total. The molecular weight excluding hydrogens is 286 g/mol. The smallest absolute Gasteiger partial charge is 0.381 e. The van der Waals surface area contributed by atoms with Crippen LogP contribution in [0.3, 0.4) is 0 Å². The van der Waals surface area contributed by atoms with Gasteiger partial charge >= 0.3 is 6.18 Å². The molecule has 0 bridgehead atoms. The lowest BCUT2D eigenvalue weighted by Gasteiger charge is -2.11. The molecule has 0 radical (unpaired) electrons. The van der Waals surface area contributed by atoms with Crippen molar-refractivity contribution < 1.29 is 17.6 Å². The summed E-state index contributed by atoms with van der Waals surface area (Å²) in [6.07, 6.45) is -0.281. The number of rotatable bonds is 5. The molecule has 0 aliphatic rings. The Morgan fingerprint density at radius 2 is 2.05 bits per heavy atom. The van der Waals surface area contributed by atoms with Crippen LogP contribution in [-0.2, 0) is 19.3 Å². The molecule has 114 valence electrons. The summed E-state index contributed by atoms with van der Waals surface area (Å²) < 4.78 is 52.7. The molecule has 2 rings (SSSR count). The molecule has 0 unspecified atom stereocenters. The maximum Gasteiger partial charge on any atom is 0.419 e. The van der Waals surface area contributed by atoms with Crippen molar-refractivity contribution in [1.82, 2.24) is 9.78 Å². The maximum absolute atomic E-state index is 13.2. The van der Waals surface area contributed by atoms with E-state index in [0.29, 0.717) is 6.54 Å². The third-order valence-electron chi connectivity index (χ3n) is 2.91. The molecule has 1 N–H and O–H groups in total. The summed E-state index contributed by atoms with van der Waals surface area (Å²) in [6.45, 7) is 3.14. The molecule has 1 aromatic carbocycles. The van der Waals surface area contributed by atoms with Crippen LogP contribution in [-0.4, -0.2) is 9.78 Å². The van der Waals surface area contributed by atoms with Gasteiger partial charge in [0.1, 0.15) is 5.82 Å². The largest absolute Gasteiger partial charge is 0.419 e. The molecular formula is C14H15F4N3. The van der Waals surface area contributed by atoms with E-state index < -0.39 is 17.6 Å². The first-order chi connectivity index (χ1) is 9.90. The molecule has 1 aromatic heterocycles. The highest BCUT2D eigenvalue weighted by Gasteiger charge is 2.34. The number of anilines is 1. The van der Waals surface area contributed by atoms with Crippen molar-refractivity contribution >= 4 is 5.69 Å². The first-order valence-electron chi connectivity index (χ1n) is 6.52. The van der Waals surface area contributed by atoms with E-state index in [1.54, 1.807) is 10.9 Å². The van der Waals surface area contributed by atoms with Crippen molar-refractivity contribution in [2.75, 3.05) is 5.32 Å². The Labute approximate surface area is 119 Å². The lowest BCUT2D eigenvalue weighted by atomic mass is 10.1. The number of aryl methyl sites for hydroxylation is 1. The van der Waals surface area contributed by atoms with Crippen LogP contribution in [0.25, 0.3) is 0 Å². The summed E-state index contributed by atoms with van der Waals surface area (Å²) in [5.41, 5.74) is -0.206. The zero-order chi connectivity index (χ0) is 15.5. The summed E-state index contributed by atoms with van der Waals surface area (Å²) in [7, 11) is 0. The molecule has 0 saturated heterocycles. The second-order valence-corrected chi connectivity index (χ2v) is 4.66. The number of hydrogen-bond donors (Lipinski definition) is 1. The van der Waals surface area contributed by atoms with Crippen molar-refractivity contribution in [2.45, 2.75) is 32.6 Å². The van der Waals surface area contributed by atoms with E-state index in [9.17, 15) is 17.6 Å².